The second-order valence-electron chi connectivity index (χ2n) is 4.36. The molecule has 0 fully saturated rings. The van der Waals surface area contributed by atoms with Gasteiger partial charge in [-0.2, -0.15) is 11.8 Å². The van der Waals surface area contributed by atoms with Gasteiger partial charge in [0.1, 0.15) is 4.90 Å². The van der Waals surface area contributed by atoms with Gasteiger partial charge in [0, 0.05) is 11.3 Å². The van der Waals surface area contributed by atoms with Gasteiger partial charge >= 0.3 is 0 Å². The number of benzene rings is 1. The van der Waals surface area contributed by atoms with Crippen LogP contribution in [0.5, 0.6) is 0 Å². The van der Waals surface area contributed by atoms with E-state index in [2.05, 4.69) is 19.2 Å². The van der Waals surface area contributed by atoms with Crippen LogP contribution in [0.4, 0.5) is 5.69 Å². The van der Waals surface area contributed by atoms with Crippen molar-refractivity contribution in [2.24, 2.45) is 5.14 Å². The quantitative estimate of drug-likeness (QED) is 0.860. The number of rotatable bonds is 5. The number of nitrogens with two attached hydrogens (primary N) is 1. The number of hydrogen-bond acceptors (Lipinski definition) is 4. The number of thioether (sulfide) groups is 1. The summed E-state index contributed by atoms with van der Waals surface area (Å²) in [4.78, 5) is 0.136. The summed E-state index contributed by atoms with van der Waals surface area (Å²) in [5, 5.41) is 8.29. The van der Waals surface area contributed by atoms with Crippen LogP contribution in [0.1, 0.15) is 13.8 Å². The van der Waals surface area contributed by atoms with Gasteiger partial charge < -0.3 is 5.32 Å². The van der Waals surface area contributed by atoms with E-state index in [9.17, 15) is 8.42 Å². The number of hydrogen-bond donors (Lipinski definition) is 2. The smallest absolute Gasteiger partial charge is 0.240 e. The fourth-order valence-electron chi connectivity index (χ4n) is 1.24. The average molecular weight is 274 g/mol. The second kappa shape index (κ2) is 5.29. The monoisotopic (exact) mass is 274 g/mol. The molecule has 0 saturated carbocycles. The summed E-state index contributed by atoms with van der Waals surface area (Å²) in [6, 6.07) is 6.66. The van der Waals surface area contributed by atoms with E-state index >= 15 is 0 Å². The molecular formula is C11H18N2O2S2. The van der Waals surface area contributed by atoms with E-state index in [0.29, 0.717) is 12.2 Å². The Kier molecular flexibility index (Phi) is 4.46. The SMILES string of the molecule is CSC(C)(C)CNc1ccccc1S(N)(=O)=O. The van der Waals surface area contributed by atoms with Crippen LogP contribution >= 0.6 is 11.8 Å². The summed E-state index contributed by atoms with van der Waals surface area (Å²) >= 11 is 1.72. The first-order valence-corrected chi connectivity index (χ1v) is 7.94. The first kappa shape index (κ1) is 14.3. The Morgan fingerprint density at radius 1 is 1.35 bits per heavy atom. The molecular weight excluding hydrogens is 256 g/mol. The number of para-hydroxylation sites is 1. The first-order valence-electron chi connectivity index (χ1n) is 5.17. The topological polar surface area (TPSA) is 72.2 Å². The van der Waals surface area contributed by atoms with Gasteiger partial charge in [0.25, 0.3) is 0 Å². The summed E-state index contributed by atoms with van der Waals surface area (Å²) in [7, 11) is -3.68. The third-order valence-corrected chi connectivity index (χ3v) is 4.67. The maximum absolute atomic E-state index is 11.4. The predicted octanol–water partition coefficient (Wildman–Crippen LogP) is 1.89. The van der Waals surface area contributed by atoms with Crippen LogP contribution in [0.15, 0.2) is 29.2 Å². The summed E-state index contributed by atoms with van der Waals surface area (Å²) in [5.41, 5.74) is 0.553. The van der Waals surface area contributed by atoms with E-state index in [1.165, 1.54) is 6.07 Å². The molecule has 1 aromatic rings. The van der Waals surface area contributed by atoms with Crippen molar-refractivity contribution in [1.82, 2.24) is 0 Å². The van der Waals surface area contributed by atoms with Crippen molar-refractivity contribution in [2.45, 2.75) is 23.5 Å². The molecule has 6 heteroatoms. The molecule has 0 unspecified atom stereocenters. The van der Waals surface area contributed by atoms with Crippen molar-refractivity contribution >= 4 is 27.5 Å². The molecule has 1 rings (SSSR count). The Bertz CT molecular complexity index is 484. The molecule has 0 heterocycles. The molecule has 0 aromatic heterocycles. The van der Waals surface area contributed by atoms with Gasteiger partial charge in [-0.05, 0) is 32.2 Å². The lowest BCUT2D eigenvalue weighted by Crippen LogP contribution is -2.27. The lowest BCUT2D eigenvalue weighted by Gasteiger charge is -2.23. The zero-order valence-electron chi connectivity index (χ0n) is 10.2. The van der Waals surface area contributed by atoms with E-state index in [4.69, 9.17) is 5.14 Å². The van der Waals surface area contributed by atoms with Crippen LogP contribution in [-0.4, -0.2) is 26.0 Å². The zero-order valence-corrected chi connectivity index (χ0v) is 11.9. The van der Waals surface area contributed by atoms with Crippen molar-refractivity contribution in [1.29, 1.82) is 0 Å². The predicted molar refractivity (Wildman–Crippen MR) is 73.9 cm³/mol. The minimum Gasteiger partial charge on any atom is -0.383 e. The Morgan fingerprint density at radius 2 is 1.94 bits per heavy atom. The Morgan fingerprint density at radius 3 is 2.47 bits per heavy atom. The maximum Gasteiger partial charge on any atom is 0.240 e. The summed E-state index contributed by atoms with van der Waals surface area (Å²) < 4.78 is 22.8. The molecule has 96 valence electrons. The molecule has 0 saturated heterocycles. The van der Waals surface area contributed by atoms with Crippen LogP contribution in [0.2, 0.25) is 0 Å². The number of anilines is 1. The number of nitrogens with one attached hydrogen (secondary N) is 1. The molecule has 0 aliphatic rings. The lowest BCUT2D eigenvalue weighted by atomic mass is 10.2. The van der Waals surface area contributed by atoms with Gasteiger partial charge in [-0.3, -0.25) is 0 Å². The maximum atomic E-state index is 11.4. The van der Waals surface area contributed by atoms with Crippen molar-refractivity contribution in [3.8, 4) is 0 Å². The molecule has 0 atom stereocenters. The molecule has 0 amide bonds. The molecule has 3 N–H and O–H groups in total. The number of primary sulfonamides is 1. The molecule has 17 heavy (non-hydrogen) atoms. The van der Waals surface area contributed by atoms with Gasteiger partial charge in [-0.15, -0.1) is 0 Å². The zero-order chi connectivity index (χ0) is 13.1. The van der Waals surface area contributed by atoms with Gasteiger partial charge in [0.15, 0.2) is 0 Å². The minimum absolute atomic E-state index is 0.0332. The van der Waals surface area contributed by atoms with Crippen LogP contribution in [0.25, 0.3) is 0 Å². The fraction of sp³-hybridized carbons (Fsp3) is 0.455. The van der Waals surface area contributed by atoms with E-state index < -0.39 is 10.0 Å². The van der Waals surface area contributed by atoms with E-state index in [-0.39, 0.29) is 9.64 Å². The highest BCUT2D eigenvalue weighted by Crippen LogP contribution is 2.24. The van der Waals surface area contributed by atoms with Crippen molar-refractivity contribution in [3.63, 3.8) is 0 Å². The minimum atomic E-state index is -3.68. The van der Waals surface area contributed by atoms with E-state index in [1.54, 1.807) is 30.0 Å². The molecule has 0 radical (unpaired) electrons. The normalized spacial score (nSPS) is 12.5. The van der Waals surface area contributed by atoms with Gasteiger partial charge in [0.05, 0.1) is 5.69 Å². The highest BCUT2D eigenvalue weighted by molar-refractivity contribution is 7.99. The van der Waals surface area contributed by atoms with Crippen molar-refractivity contribution in [2.75, 3.05) is 18.1 Å². The van der Waals surface area contributed by atoms with E-state index in [0.717, 1.165) is 0 Å². The van der Waals surface area contributed by atoms with Crippen LogP contribution < -0.4 is 10.5 Å². The fourth-order valence-corrected chi connectivity index (χ4v) is 2.17. The molecule has 0 spiro atoms. The van der Waals surface area contributed by atoms with Gasteiger partial charge in [-0.25, -0.2) is 13.6 Å². The third kappa shape index (κ3) is 4.22. The first-order chi connectivity index (χ1) is 7.76. The second-order valence-corrected chi connectivity index (χ2v) is 7.40. The largest absolute Gasteiger partial charge is 0.383 e. The van der Waals surface area contributed by atoms with Gasteiger partial charge in [-0.1, -0.05) is 12.1 Å². The number of sulfonamides is 1. The summed E-state index contributed by atoms with van der Waals surface area (Å²) in [6.45, 7) is 4.84. The molecule has 0 aliphatic carbocycles. The summed E-state index contributed by atoms with van der Waals surface area (Å²) in [6.07, 6.45) is 2.02. The Labute approximate surface area is 107 Å². The lowest BCUT2D eigenvalue weighted by molar-refractivity contribution is 0.598. The van der Waals surface area contributed by atoms with Crippen LogP contribution in [0, 0.1) is 0 Å². The highest BCUT2D eigenvalue weighted by Gasteiger charge is 2.18. The van der Waals surface area contributed by atoms with Crippen LogP contribution in [-0.2, 0) is 10.0 Å². The van der Waals surface area contributed by atoms with Crippen molar-refractivity contribution < 1.29 is 8.42 Å². The Hall–Kier alpha value is -0.720. The third-order valence-electron chi connectivity index (χ3n) is 2.45. The molecule has 0 bridgehead atoms. The Balaban J connectivity index is 2.93. The summed E-state index contributed by atoms with van der Waals surface area (Å²) in [5.74, 6) is 0. The average Bonchev–Trinajstić information content (AvgIpc) is 2.26. The van der Waals surface area contributed by atoms with E-state index in [1.807, 2.05) is 6.26 Å². The highest BCUT2D eigenvalue weighted by atomic mass is 32.2. The standard InChI is InChI=1S/C11H18N2O2S2/c1-11(2,16-3)8-13-9-6-4-5-7-10(9)17(12,14)15/h4-7,13H,8H2,1-3H3,(H2,12,14,15). The molecule has 0 aliphatic heterocycles. The van der Waals surface area contributed by atoms with Crippen molar-refractivity contribution in [3.05, 3.63) is 24.3 Å². The van der Waals surface area contributed by atoms with Crippen LogP contribution in [0.3, 0.4) is 0 Å². The van der Waals surface area contributed by atoms with Gasteiger partial charge in [0.2, 0.25) is 10.0 Å². The molecule has 1 aromatic carbocycles. The molecule has 4 nitrogen and oxygen atoms in total.